The molecule has 0 amide bonds. The fraction of sp³-hybridized carbons (Fsp3) is 0.938. The van der Waals surface area contributed by atoms with Crippen molar-refractivity contribution >= 4 is 5.96 Å². The minimum Gasteiger partial charge on any atom is -0.381 e. The third kappa shape index (κ3) is 7.42. The molecule has 128 valence electrons. The Kier molecular flexibility index (Phi) is 7.98. The summed E-state index contributed by atoms with van der Waals surface area (Å²) >= 11 is 0. The van der Waals surface area contributed by atoms with Gasteiger partial charge in [-0.3, -0.25) is 4.99 Å². The summed E-state index contributed by atoms with van der Waals surface area (Å²) < 4.78 is 11.4. The molecular weight excluding hydrogens is 280 g/mol. The van der Waals surface area contributed by atoms with Crippen molar-refractivity contribution in [2.24, 2.45) is 10.9 Å². The average Bonchev–Trinajstić information content (AvgIpc) is 3.32. The van der Waals surface area contributed by atoms with E-state index < -0.39 is 0 Å². The van der Waals surface area contributed by atoms with Crippen molar-refractivity contribution in [2.75, 3.05) is 59.6 Å². The largest absolute Gasteiger partial charge is 0.381 e. The van der Waals surface area contributed by atoms with Crippen molar-refractivity contribution in [1.82, 2.24) is 15.5 Å². The molecule has 2 rings (SSSR count). The van der Waals surface area contributed by atoms with E-state index in [0.717, 1.165) is 64.3 Å². The van der Waals surface area contributed by atoms with Gasteiger partial charge in [-0.05, 0) is 39.2 Å². The van der Waals surface area contributed by atoms with Gasteiger partial charge < -0.3 is 25.0 Å². The van der Waals surface area contributed by atoms with Crippen LogP contribution in [0.15, 0.2) is 4.99 Å². The number of nitrogens with one attached hydrogen (secondary N) is 2. The maximum absolute atomic E-state index is 5.74. The van der Waals surface area contributed by atoms with Gasteiger partial charge in [0.05, 0.1) is 19.3 Å². The predicted octanol–water partition coefficient (Wildman–Crippen LogP) is 0.689. The highest BCUT2D eigenvalue weighted by Gasteiger charge is 2.20. The molecule has 1 unspecified atom stereocenters. The highest BCUT2D eigenvalue weighted by Crippen LogP contribution is 2.28. The first-order valence-electron chi connectivity index (χ1n) is 8.68. The minimum atomic E-state index is 0.205. The van der Waals surface area contributed by atoms with E-state index in [1.54, 1.807) is 0 Å². The van der Waals surface area contributed by atoms with Gasteiger partial charge in [0.15, 0.2) is 5.96 Å². The normalized spacial score (nSPS) is 23.5. The van der Waals surface area contributed by atoms with E-state index in [1.807, 2.05) is 0 Å². The van der Waals surface area contributed by atoms with Gasteiger partial charge in [0, 0.05) is 39.4 Å². The van der Waals surface area contributed by atoms with E-state index in [-0.39, 0.29) is 6.10 Å². The lowest BCUT2D eigenvalue weighted by atomic mass is 10.3. The first-order valence-corrected chi connectivity index (χ1v) is 8.68. The number of aliphatic imine (C=N–C) groups is 1. The first-order chi connectivity index (χ1) is 10.8. The van der Waals surface area contributed by atoms with E-state index in [1.165, 1.54) is 12.8 Å². The molecule has 0 aromatic heterocycles. The maximum atomic E-state index is 5.74. The monoisotopic (exact) mass is 312 g/mol. The Hall–Kier alpha value is -0.850. The van der Waals surface area contributed by atoms with E-state index in [4.69, 9.17) is 9.47 Å². The zero-order valence-electron chi connectivity index (χ0n) is 14.1. The molecule has 0 aromatic carbocycles. The summed E-state index contributed by atoms with van der Waals surface area (Å²) in [5.74, 6) is 1.72. The van der Waals surface area contributed by atoms with Crippen molar-refractivity contribution in [3.05, 3.63) is 0 Å². The molecule has 1 saturated carbocycles. The second-order valence-electron chi connectivity index (χ2n) is 6.27. The summed E-state index contributed by atoms with van der Waals surface area (Å²) in [5, 5.41) is 6.65. The smallest absolute Gasteiger partial charge is 0.191 e. The van der Waals surface area contributed by atoms with Crippen LogP contribution in [0, 0.1) is 5.92 Å². The summed E-state index contributed by atoms with van der Waals surface area (Å²) in [6.07, 6.45) is 3.93. The van der Waals surface area contributed by atoms with Crippen molar-refractivity contribution in [3.63, 3.8) is 0 Å². The van der Waals surface area contributed by atoms with Crippen LogP contribution < -0.4 is 10.6 Å². The molecule has 0 radical (unpaired) electrons. The molecule has 6 heteroatoms. The first kappa shape index (κ1) is 17.5. The standard InChI is InChI=1S/C16H32N4O2/c1-3-17-16(18-7-4-9-21-13-14-5-6-14)19-11-15-12-20(2)8-10-22-15/h14-15H,3-13H2,1-2H3,(H2,17,18,19). The zero-order chi connectivity index (χ0) is 15.6. The van der Waals surface area contributed by atoms with Crippen LogP contribution in [0.1, 0.15) is 26.2 Å². The Morgan fingerprint density at radius 1 is 1.36 bits per heavy atom. The van der Waals surface area contributed by atoms with Gasteiger partial charge in [0.2, 0.25) is 0 Å². The van der Waals surface area contributed by atoms with Crippen LogP contribution in [0.25, 0.3) is 0 Å². The second kappa shape index (κ2) is 10.0. The molecule has 0 bridgehead atoms. The molecule has 2 fully saturated rings. The van der Waals surface area contributed by atoms with E-state index in [9.17, 15) is 0 Å². The van der Waals surface area contributed by atoms with Crippen molar-refractivity contribution < 1.29 is 9.47 Å². The molecule has 1 heterocycles. The number of hydrogen-bond donors (Lipinski definition) is 2. The van der Waals surface area contributed by atoms with Crippen molar-refractivity contribution in [2.45, 2.75) is 32.3 Å². The third-order valence-corrected chi connectivity index (χ3v) is 3.95. The Morgan fingerprint density at radius 2 is 2.23 bits per heavy atom. The van der Waals surface area contributed by atoms with Gasteiger partial charge in [0.1, 0.15) is 0 Å². The van der Waals surface area contributed by atoms with E-state index in [0.29, 0.717) is 6.54 Å². The topological polar surface area (TPSA) is 58.1 Å². The number of guanidine groups is 1. The summed E-state index contributed by atoms with van der Waals surface area (Å²) in [6, 6.07) is 0. The molecule has 0 spiro atoms. The number of hydrogen-bond acceptors (Lipinski definition) is 4. The number of morpholine rings is 1. The molecule has 6 nitrogen and oxygen atoms in total. The lowest BCUT2D eigenvalue weighted by Gasteiger charge is -2.29. The van der Waals surface area contributed by atoms with Gasteiger partial charge in [-0.2, -0.15) is 0 Å². The number of likely N-dealkylation sites (N-methyl/N-ethyl adjacent to an activating group) is 1. The van der Waals surface area contributed by atoms with Gasteiger partial charge >= 0.3 is 0 Å². The molecule has 22 heavy (non-hydrogen) atoms. The van der Waals surface area contributed by atoms with Crippen LogP contribution >= 0.6 is 0 Å². The molecule has 0 aromatic rings. The van der Waals surface area contributed by atoms with Crippen LogP contribution in [-0.2, 0) is 9.47 Å². The Morgan fingerprint density at radius 3 is 2.95 bits per heavy atom. The third-order valence-electron chi connectivity index (χ3n) is 3.95. The quantitative estimate of drug-likeness (QED) is 0.373. The van der Waals surface area contributed by atoms with Crippen LogP contribution in [-0.4, -0.2) is 76.6 Å². The SMILES string of the molecule is CCNC(=NCC1CN(C)CCO1)NCCCOCC1CC1. The van der Waals surface area contributed by atoms with Crippen LogP contribution in [0.5, 0.6) is 0 Å². The summed E-state index contributed by atoms with van der Waals surface area (Å²) in [6.45, 7) is 9.10. The van der Waals surface area contributed by atoms with Crippen molar-refractivity contribution in [1.29, 1.82) is 0 Å². The molecular formula is C16H32N4O2. The van der Waals surface area contributed by atoms with Gasteiger partial charge in [-0.1, -0.05) is 0 Å². The molecule has 1 saturated heterocycles. The van der Waals surface area contributed by atoms with Crippen LogP contribution in [0.3, 0.4) is 0 Å². The highest BCUT2D eigenvalue weighted by atomic mass is 16.5. The van der Waals surface area contributed by atoms with E-state index in [2.05, 4.69) is 34.5 Å². The second-order valence-corrected chi connectivity index (χ2v) is 6.27. The van der Waals surface area contributed by atoms with Gasteiger partial charge in [-0.25, -0.2) is 0 Å². The fourth-order valence-corrected chi connectivity index (χ4v) is 2.43. The number of nitrogens with zero attached hydrogens (tertiary/aromatic N) is 2. The molecule has 1 aliphatic carbocycles. The van der Waals surface area contributed by atoms with E-state index >= 15 is 0 Å². The van der Waals surface area contributed by atoms with Crippen LogP contribution in [0.4, 0.5) is 0 Å². The number of rotatable bonds is 9. The molecule has 1 aliphatic heterocycles. The Bertz CT molecular complexity index is 334. The zero-order valence-corrected chi connectivity index (χ0v) is 14.1. The Labute approximate surface area is 134 Å². The summed E-state index contributed by atoms with van der Waals surface area (Å²) in [5.41, 5.74) is 0. The van der Waals surface area contributed by atoms with Crippen molar-refractivity contribution in [3.8, 4) is 0 Å². The predicted molar refractivity (Wildman–Crippen MR) is 89.4 cm³/mol. The molecule has 2 N–H and O–H groups in total. The lowest BCUT2D eigenvalue weighted by Crippen LogP contribution is -2.43. The lowest BCUT2D eigenvalue weighted by molar-refractivity contribution is -0.0136. The summed E-state index contributed by atoms with van der Waals surface area (Å²) in [4.78, 5) is 6.92. The minimum absolute atomic E-state index is 0.205. The maximum Gasteiger partial charge on any atom is 0.191 e. The highest BCUT2D eigenvalue weighted by molar-refractivity contribution is 5.79. The average molecular weight is 312 g/mol. The number of ether oxygens (including phenoxy) is 2. The molecule has 1 atom stereocenters. The fourth-order valence-electron chi connectivity index (χ4n) is 2.43. The summed E-state index contributed by atoms with van der Waals surface area (Å²) in [7, 11) is 2.13. The Balaban J connectivity index is 1.58. The van der Waals surface area contributed by atoms with Gasteiger partial charge in [-0.15, -0.1) is 0 Å². The van der Waals surface area contributed by atoms with Crippen LogP contribution in [0.2, 0.25) is 0 Å². The molecule has 2 aliphatic rings. The van der Waals surface area contributed by atoms with Gasteiger partial charge in [0.25, 0.3) is 0 Å².